The molecule has 1 aliphatic carbocycles. The monoisotopic (exact) mass is 311 g/mol. The minimum absolute atomic E-state index is 0.638. The largest absolute Gasteiger partial charge is 0.358 e. The predicted molar refractivity (Wildman–Crippen MR) is 97.1 cm³/mol. The molecule has 0 bridgehead atoms. The molecule has 4 rings (SSSR count). The Labute approximate surface area is 139 Å². The van der Waals surface area contributed by atoms with Crippen LogP contribution < -0.4 is 5.32 Å². The lowest BCUT2D eigenvalue weighted by atomic mass is 9.88. The van der Waals surface area contributed by atoms with Crippen LogP contribution in [-0.2, 0) is 19.3 Å². The number of likely N-dealkylation sites (N-methyl/N-ethyl adjacent to an activating group) is 1. The van der Waals surface area contributed by atoms with Crippen LogP contribution in [-0.4, -0.2) is 43.1 Å². The smallest absolute Gasteiger partial charge is 0.0459 e. The lowest BCUT2D eigenvalue weighted by molar-refractivity contribution is 0.219. The standard InChI is InChI=1S/C20H29N3/c1-21-16-4-6-20-18(13-16)17-12-15(3-5-19(17)22-20)11-14-7-9-23(2)10-8-14/h3,5,12,14,16,21-22H,4,6-11,13H2,1-2H3. The van der Waals surface area contributed by atoms with Crippen molar-refractivity contribution in [2.24, 2.45) is 5.92 Å². The highest BCUT2D eigenvalue weighted by atomic mass is 15.1. The molecule has 1 fully saturated rings. The van der Waals surface area contributed by atoms with Gasteiger partial charge in [0.05, 0.1) is 0 Å². The SMILES string of the molecule is CNC1CCc2[nH]c3ccc(CC4CCN(C)CC4)cc3c2C1. The lowest BCUT2D eigenvalue weighted by Crippen LogP contribution is -2.31. The van der Waals surface area contributed by atoms with E-state index in [0.29, 0.717) is 6.04 Å². The molecule has 0 spiro atoms. The van der Waals surface area contributed by atoms with Crippen molar-refractivity contribution in [3.63, 3.8) is 0 Å². The first-order chi connectivity index (χ1) is 11.2. The molecule has 3 heteroatoms. The van der Waals surface area contributed by atoms with Crippen LogP contribution in [0.1, 0.15) is 36.1 Å². The van der Waals surface area contributed by atoms with Crippen molar-refractivity contribution >= 4 is 10.9 Å². The van der Waals surface area contributed by atoms with Gasteiger partial charge in [0.15, 0.2) is 0 Å². The van der Waals surface area contributed by atoms with Gasteiger partial charge in [0, 0.05) is 22.6 Å². The Kier molecular flexibility index (Phi) is 4.16. The first-order valence-corrected chi connectivity index (χ1v) is 9.21. The lowest BCUT2D eigenvalue weighted by Gasteiger charge is -2.29. The minimum atomic E-state index is 0.638. The molecule has 2 heterocycles. The van der Waals surface area contributed by atoms with Crippen molar-refractivity contribution in [2.45, 2.75) is 44.6 Å². The molecule has 0 saturated carbocycles. The maximum Gasteiger partial charge on any atom is 0.0459 e. The van der Waals surface area contributed by atoms with Gasteiger partial charge in [0.25, 0.3) is 0 Å². The number of piperidine rings is 1. The average Bonchev–Trinajstić information content (AvgIpc) is 2.94. The number of rotatable bonds is 3. The molecule has 1 unspecified atom stereocenters. The molecule has 0 radical (unpaired) electrons. The van der Waals surface area contributed by atoms with Gasteiger partial charge in [-0.05, 0) is 94.9 Å². The number of H-pyrrole nitrogens is 1. The molecule has 23 heavy (non-hydrogen) atoms. The summed E-state index contributed by atoms with van der Waals surface area (Å²) in [5.74, 6) is 0.864. The van der Waals surface area contributed by atoms with Gasteiger partial charge < -0.3 is 15.2 Å². The molecule has 1 aliphatic heterocycles. The van der Waals surface area contributed by atoms with Crippen molar-refractivity contribution in [2.75, 3.05) is 27.2 Å². The Balaban J connectivity index is 1.58. The van der Waals surface area contributed by atoms with Crippen LogP contribution in [0.3, 0.4) is 0 Å². The molecule has 124 valence electrons. The Morgan fingerprint density at radius 2 is 2.04 bits per heavy atom. The van der Waals surface area contributed by atoms with Crippen molar-refractivity contribution < 1.29 is 0 Å². The minimum Gasteiger partial charge on any atom is -0.358 e. The fourth-order valence-corrected chi connectivity index (χ4v) is 4.44. The molecule has 1 aromatic carbocycles. The molecule has 3 nitrogen and oxygen atoms in total. The molecule has 2 N–H and O–H groups in total. The molecule has 1 aromatic heterocycles. The summed E-state index contributed by atoms with van der Waals surface area (Å²) in [5.41, 5.74) is 5.90. The topological polar surface area (TPSA) is 31.1 Å². The van der Waals surface area contributed by atoms with Crippen LogP contribution in [0.25, 0.3) is 10.9 Å². The molecule has 1 atom stereocenters. The summed E-state index contributed by atoms with van der Waals surface area (Å²) in [6.07, 6.45) is 7.55. The third-order valence-corrected chi connectivity index (χ3v) is 6.02. The maximum atomic E-state index is 3.66. The Bertz CT molecular complexity index is 679. The third-order valence-electron chi connectivity index (χ3n) is 6.02. The van der Waals surface area contributed by atoms with Gasteiger partial charge in [-0.15, -0.1) is 0 Å². The highest BCUT2D eigenvalue weighted by Gasteiger charge is 2.22. The fourth-order valence-electron chi connectivity index (χ4n) is 4.44. The highest BCUT2D eigenvalue weighted by molar-refractivity contribution is 5.85. The van der Waals surface area contributed by atoms with Gasteiger partial charge in [-0.25, -0.2) is 0 Å². The summed E-state index contributed by atoms with van der Waals surface area (Å²) >= 11 is 0. The Hall–Kier alpha value is -1.32. The van der Waals surface area contributed by atoms with E-state index in [9.17, 15) is 0 Å². The number of fused-ring (bicyclic) bond motifs is 3. The number of benzene rings is 1. The number of likely N-dealkylation sites (tertiary alicyclic amines) is 1. The summed E-state index contributed by atoms with van der Waals surface area (Å²) in [6.45, 7) is 2.52. The van der Waals surface area contributed by atoms with Crippen LogP contribution in [0.2, 0.25) is 0 Å². The van der Waals surface area contributed by atoms with Crippen molar-refractivity contribution in [1.29, 1.82) is 0 Å². The summed E-state index contributed by atoms with van der Waals surface area (Å²) in [7, 11) is 4.34. The van der Waals surface area contributed by atoms with Crippen LogP contribution in [0.15, 0.2) is 18.2 Å². The van der Waals surface area contributed by atoms with E-state index < -0.39 is 0 Å². The first-order valence-electron chi connectivity index (χ1n) is 9.21. The van der Waals surface area contributed by atoms with Crippen molar-refractivity contribution in [3.8, 4) is 0 Å². The quantitative estimate of drug-likeness (QED) is 0.912. The second-order valence-corrected chi connectivity index (χ2v) is 7.64. The number of hydrogen-bond acceptors (Lipinski definition) is 2. The van der Waals surface area contributed by atoms with E-state index in [0.717, 1.165) is 5.92 Å². The van der Waals surface area contributed by atoms with E-state index in [1.165, 1.54) is 73.8 Å². The van der Waals surface area contributed by atoms with E-state index in [-0.39, 0.29) is 0 Å². The number of aromatic nitrogens is 1. The zero-order valence-corrected chi connectivity index (χ0v) is 14.5. The van der Waals surface area contributed by atoms with Crippen molar-refractivity contribution in [3.05, 3.63) is 35.0 Å². The molecule has 2 aromatic rings. The second-order valence-electron chi connectivity index (χ2n) is 7.64. The average molecular weight is 311 g/mol. The fraction of sp³-hybridized carbons (Fsp3) is 0.600. The van der Waals surface area contributed by atoms with Gasteiger partial charge in [0.1, 0.15) is 0 Å². The highest BCUT2D eigenvalue weighted by Crippen LogP contribution is 2.31. The zero-order valence-electron chi connectivity index (χ0n) is 14.5. The molecular formula is C20H29N3. The predicted octanol–water partition coefficient (Wildman–Crippen LogP) is 3.13. The second kappa shape index (κ2) is 6.29. The Morgan fingerprint density at radius 1 is 1.22 bits per heavy atom. The van der Waals surface area contributed by atoms with E-state index >= 15 is 0 Å². The number of hydrogen-bond donors (Lipinski definition) is 2. The summed E-state index contributed by atoms with van der Waals surface area (Å²) in [6, 6.07) is 7.77. The first kappa shape index (κ1) is 15.2. The number of nitrogens with one attached hydrogen (secondary N) is 2. The van der Waals surface area contributed by atoms with Crippen LogP contribution in [0.4, 0.5) is 0 Å². The van der Waals surface area contributed by atoms with Gasteiger partial charge in [-0.3, -0.25) is 0 Å². The molecular weight excluding hydrogens is 282 g/mol. The number of aromatic amines is 1. The van der Waals surface area contributed by atoms with Crippen LogP contribution in [0, 0.1) is 5.92 Å². The van der Waals surface area contributed by atoms with Crippen LogP contribution in [0.5, 0.6) is 0 Å². The maximum absolute atomic E-state index is 3.66. The number of nitrogens with zero attached hydrogens (tertiary/aromatic N) is 1. The van der Waals surface area contributed by atoms with E-state index in [2.05, 4.69) is 47.5 Å². The van der Waals surface area contributed by atoms with E-state index in [1.54, 1.807) is 5.56 Å². The summed E-state index contributed by atoms with van der Waals surface area (Å²) in [4.78, 5) is 6.12. The van der Waals surface area contributed by atoms with Gasteiger partial charge in [0.2, 0.25) is 0 Å². The van der Waals surface area contributed by atoms with E-state index in [1.807, 2.05) is 0 Å². The number of aryl methyl sites for hydroxylation is 1. The van der Waals surface area contributed by atoms with Crippen molar-refractivity contribution in [1.82, 2.24) is 15.2 Å². The van der Waals surface area contributed by atoms with Gasteiger partial charge >= 0.3 is 0 Å². The van der Waals surface area contributed by atoms with Gasteiger partial charge in [-0.1, -0.05) is 6.07 Å². The zero-order chi connectivity index (χ0) is 15.8. The van der Waals surface area contributed by atoms with E-state index in [4.69, 9.17) is 0 Å². The summed E-state index contributed by atoms with van der Waals surface area (Å²) < 4.78 is 0. The molecule has 2 aliphatic rings. The summed E-state index contributed by atoms with van der Waals surface area (Å²) in [5, 5.41) is 4.94. The Morgan fingerprint density at radius 3 is 2.83 bits per heavy atom. The molecule has 0 amide bonds. The van der Waals surface area contributed by atoms with Crippen LogP contribution >= 0.6 is 0 Å². The third kappa shape index (κ3) is 3.05. The van der Waals surface area contributed by atoms with Gasteiger partial charge in [-0.2, -0.15) is 0 Å². The molecule has 1 saturated heterocycles. The normalized spacial score (nSPS) is 23.3.